The first-order valence-corrected chi connectivity index (χ1v) is 3.60. The number of hydrogen-bond acceptors (Lipinski definition) is 4. The van der Waals surface area contributed by atoms with Gasteiger partial charge in [0.1, 0.15) is 6.04 Å². The summed E-state index contributed by atoms with van der Waals surface area (Å²) in [6, 6.07) is 1.29. The minimum Gasteiger partial charge on any atom is -0.322 e. The minimum absolute atomic E-state index is 0.0360. The number of nitrogens with zero attached hydrogens (tertiary/aromatic N) is 2. The number of nitrogens with two attached hydrogens (primary N) is 1. The predicted molar refractivity (Wildman–Crippen MR) is 39.8 cm³/mol. The van der Waals surface area contributed by atoms with Crippen LogP contribution in [0.4, 0.5) is 0 Å². The van der Waals surface area contributed by atoms with Crippen molar-refractivity contribution in [3.63, 3.8) is 0 Å². The Bertz CT molecular complexity index is 256. The SMILES string of the molecule is N#C[C@@H]1CC(=O)CN1C(=O)CN. The number of hydrogen-bond donors (Lipinski definition) is 1. The summed E-state index contributed by atoms with van der Waals surface area (Å²) in [5, 5.41) is 8.56. The second-order valence-electron chi connectivity index (χ2n) is 2.61. The average Bonchev–Trinajstić information content (AvgIpc) is 2.45. The summed E-state index contributed by atoms with van der Waals surface area (Å²) in [4.78, 5) is 23.1. The number of carbonyl (C=O) groups excluding carboxylic acids is 2. The normalized spacial score (nSPS) is 22.5. The lowest BCUT2D eigenvalue weighted by atomic mass is 10.2. The maximum absolute atomic E-state index is 11.0. The van der Waals surface area contributed by atoms with Crippen LogP contribution in [-0.4, -0.2) is 35.7 Å². The molecule has 12 heavy (non-hydrogen) atoms. The van der Waals surface area contributed by atoms with Gasteiger partial charge in [-0.25, -0.2) is 0 Å². The van der Waals surface area contributed by atoms with Crippen LogP contribution < -0.4 is 5.73 Å². The zero-order valence-electron chi connectivity index (χ0n) is 6.49. The molecule has 0 aromatic heterocycles. The van der Waals surface area contributed by atoms with E-state index in [1.165, 1.54) is 4.90 Å². The molecule has 1 fully saturated rings. The van der Waals surface area contributed by atoms with Gasteiger partial charge in [0.2, 0.25) is 5.91 Å². The van der Waals surface area contributed by atoms with E-state index in [0.717, 1.165) is 0 Å². The average molecular weight is 167 g/mol. The lowest BCUT2D eigenvalue weighted by Gasteiger charge is -2.16. The van der Waals surface area contributed by atoms with Crippen LogP contribution in [0.3, 0.4) is 0 Å². The molecular formula is C7H9N3O2. The molecule has 0 unspecified atom stereocenters. The van der Waals surface area contributed by atoms with Crippen molar-refractivity contribution in [2.75, 3.05) is 13.1 Å². The van der Waals surface area contributed by atoms with Gasteiger partial charge in [-0.1, -0.05) is 0 Å². The molecule has 0 aromatic carbocycles. The molecule has 5 nitrogen and oxygen atoms in total. The molecule has 0 aliphatic carbocycles. The molecule has 0 aromatic rings. The van der Waals surface area contributed by atoms with Crippen LogP contribution in [-0.2, 0) is 9.59 Å². The van der Waals surface area contributed by atoms with Crippen molar-refractivity contribution in [3.05, 3.63) is 0 Å². The first-order valence-electron chi connectivity index (χ1n) is 3.60. The minimum atomic E-state index is -0.603. The first kappa shape index (κ1) is 8.68. The smallest absolute Gasteiger partial charge is 0.237 e. The van der Waals surface area contributed by atoms with Crippen molar-refractivity contribution in [3.8, 4) is 6.07 Å². The van der Waals surface area contributed by atoms with E-state index in [1.54, 1.807) is 0 Å². The van der Waals surface area contributed by atoms with Crippen molar-refractivity contribution < 1.29 is 9.59 Å². The maximum Gasteiger partial charge on any atom is 0.237 e. The fraction of sp³-hybridized carbons (Fsp3) is 0.571. The summed E-state index contributed by atoms with van der Waals surface area (Å²) in [6.45, 7) is -0.111. The highest BCUT2D eigenvalue weighted by Gasteiger charge is 2.32. The van der Waals surface area contributed by atoms with E-state index in [1.807, 2.05) is 6.07 Å². The molecule has 64 valence electrons. The Morgan fingerprint density at radius 1 is 1.83 bits per heavy atom. The van der Waals surface area contributed by atoms with Crippen LogP contribution in [0.25, 0.3) is 0 Å². The van der Waals surface area contributed by atoms with Crippen molar-refractivity contribution in [1.29, 1.82) is 5.26 Å². The molecule has 0 spiro atoms. The van der Waals surface area contributed by atoms with Gasteiger partial charge in [-0.05, 0) is 0 Å². The predicted octanol–water partition coefficient (Wildman–Crippen LogP) is -1.36. The molecular weight excluding hydrogens is 158 g/mol. The van der Waals surface area contributed by atoms with Crippen LogP contribution >= 0.6 is 0 Å². The Morgan fingerprint density at radius 3 is 3.00 bits per heavy atom. The van der Waals surface area contributed by atoms with E-state index in [2.05, 4.69) is 0 Å². The number of amides is 1. The molecule has 1 aliphatic rings. The zero-order chi connectivity index (χ0) is 9.14. The zero-order valence-corrected chi connectivity index (χ0v) is 6.49. The summed E-state index contributed by atoms with van der Waals surface area (Å²) >= 11 is 0. The number of rotatable bonds is 1. The summed E-state index contributed by atoms with van der Waals surface area (Å²) in [6.07, 6.45) is 0.141. The Kier molecular flexibility index (Phi) is 2.41. The van der Waals surface area contributed by atoms with Crippen molar-refractivity contribution in [2.45, 2.75) is 12.5 Å². The van der Waals surface area contributed by atoms with Gasteiger partial charge in [-0.15, -0.1) is 0 Å². The van der Waals surface area contributed by atoms with Gasteiger partial charge >= 0.3 is 0 Å². The highest BCUT2D eigenvalue weighted by atomic mass is 16.2. The number of ketones is 1. The summed E-state index contributed by atoms with van der Waals surface area (Å²) in [5.41, 5.74) is 5.10. The van der Waals surface area contributed by atoms with Gasteiger partial charge in [0.25, 0.3) is 0 Å². The third kappa shape index (κ3) is 1.43. The standard InChI is InChI=1S/C7H9N3O2/c8-2-5-1-6(11)4-10(5)7(12)3-9/h5H,1,3-4,9H2/t5-/m0/s1. The molecule has 0 saturated carbocycles. The van der Waals surface area contributed by atoms with Crippen LogP contribution in [0.5, 0.6) is 0 Å². The van der Waals surface area contributed by atoms with E-state index < -0.39 is 6.04 Å². The molecule has 1 amide bonds. The molecule has 0 radical (unpaired) electrons. The van der Waals surface area contributed by atoms with Gasteiger partial charge in [0.05, 0.1) is 19.2 Å². The fourth-order valence-electron chi connectivity index (χ4n) is 1.19. The third-order valence-corrected chi connectivity index (χ3v) is 1.79. The summed E-state index contributed by atoms with van der Waals surface area (Å²) < 4.78 is 0. The van der Waals surface area contributed by atoms with Crippen LogP contribution in [0.15, 0.2) is 0 Å². The van der Waals surface area contributed by atoms with Crippen molar-refractivity contribution in [1.82, 2.24) is 4.90 Å². The number of carbonyl (C=O) groups is 2. The van der Waals surface area contributed by atoms with Crippen molar-refractivity contribution >= 4 is 11.7 Å². The third-order valence-electron chi connectivity index (χ3n) is 1.79. The quantitative estimate of drug-likeness (QED) is 0.522. The topological polar surface area (TPSA) is 87.2 Å². The van der Waals surface area contributed by atoms with E-state index in [9.17, 15) is 9.59 Å². The molecule has 5 heteroatoms. The number of nitriles is 1. The van der Waals surface area contributed by atoms with Crippen LogP contribution in [0.1, 0.15) is 6.42 Å². The van der Waals surface area contributed by atoms with Gasteiger partial charge in [0.15, 0.2) is 5.78 Å². The van der Waals surface area contributed by atoms with Gasteiger partial charge in [0, 0.05) is 6.42 Å². The molecule has 1 saturated heterocycles. The number of Topliss-reactive ketones (excluding diaryl/α,β-unsaturated/α-hetero) is 1. The van der Waals surface area contributed by atoms with E-state index >= 15 is 0 Å². The molecule has 2 N–H and O–H groups in total. The van der Waals surface area contributed by atoms with Gasteiger partial charge < -0.3 is 10.6 Å². The van der Waals surface area contributed by atoms with Crippen LogP contribution in [0.2, 0.25) is 0 Å². The highest BCUT2D eigenvalue weighted by molar-refractivity contribution is 5.91. The monoisotopic (exact) mass is 167 g/mol. The molecule has 1 heterocycles. The fourth-order valence-corrected chi connectivity index (χ4v) is 1.19. The molecule has 1 atom stereocenters. The van der Waals surface area contributed by atoms with E-state index in [0.29, 0.717) is 0 Å². The second-order valence-corrected chi connectivity index (χ2v) is 2.61. The maximum atomic E-state index is 11.0. The van der Waals surface area contributed by atoms with E-state index in [4.69, 9.17) is 11.0 Å². The van der Waals surface area contributed by atoms with Gasteiger partial charge in [-0.3, -0.25) is 9.59 Å². The summed E-state index contributed by atoms with van der Waals surface area (Å²) in [5.74, 6) is -0.421. The molecule has 0 bridgehead atoms. The van der Waals surface area contributed by atoms with Gasteiger partial charge in [-0.2, -0.15) is 5.26 Å². The molecule has 1 aliphatic heterocycles. The highest BCUT2D eigenvalue weighted by Crippen LogP contribution is 2.12. The van der Waals surface area contributed by atoms with Crippen molar-refractivity contribution in [2.24, 2.45) is 5.73 Å². The Balaban J connectivity index is 2.71. The Hall–Kier alpha value is -1.41. The number of likely N-dealkylation sites (tertiary alicyclic amines) is 1. The molecule has 1 rings (SSSR count). The lowest BCUT2D eigenvalue weighted by Crippen LogP contribution is -2.39. The lowest BCUT2D eigenvalue weighted by molar-refractivity contribution is -0.131. The van der Waals surface area contributed by atoms with Crippen LogP contribution in [0, 0.1) is 11.3 Å². The van der Waals surface area contributed by atoms with E-state index in [-0.39, 0.29) is 31.2 Å². The first-order chi connectivity index (χ1) is 5.69. The Labute approximate surface area is 69.7 Å². The summed E-state index contributed by atoms with van der Waals surface area (Å²) in [7, 11) is 0. The largest absolute Gasteiger partial charge is 0.322 e. The second kappa shape index (κ2) is 3.32. The Morgan fingerprint density at radius 2 is 2.50 bits per heavy atom.